The number of benzene rings is 1. The van der Waals surface area contributed by atoms with Gasteiger partial charge in [0.15, 0.2) is 0 Å². The van der Waals surface area contributed by atoms with Crippen LogP contribution in [0.15, 0.2) is 46.2 Å². The minimum atomic E-state index is -4.56. The first-order valence-corrected chi connectivity index (χ1v) is 11.3. The van der Waals surface area contributed by atoms with Crippen molar-refractivity contribution in [3.05, 3.63) is 78.7 Å². The molecular weight excluding hydrogens is 467 g/mol. The molecule has 1 aromatic carbocycles. The zero-order valence-corrected chi connectivity index (χ0v) is 19.4. The number of aromatic nitrogens is 4. The maximum absolute atomic E-state index is 13.4. The second-order valence-corrected chi connectivity index (χ2v) is 8.13. The average Bonchev–Trinajstić information content (AvgIpc) is 3.25. The summed E-state index contributed by atoms with van der Waals surface area (Å²) in [5.41, 5.74) is -3.37. The number of alkyl halides is 3. The van der Waals surface area contributed by atoms with E-state index in [4.69, 9.17) is 0 Å². The molecule has 0 aliphatic rings. The van der Waals surface area contributed by atoms with E-state index < -0.39 is 33.6 Å². The third kappa shape index (κ3) is 5.52. The van der Waals surface area contributed by atoms with Gasteiger partial charge in [0.05, 0.1) is 23.2 Å². The van der Waals surface area contributed by atoms with Crippen molar-refractivity contribution in [3.8, 4) is 11.3 Å². The van der Waals surface area contributed by atoms with E-state index in [9.17, 15) is 32.9 Å². The highest BCUT2D eigenvalue weighted by Gasteiger charge is 2.33. The highest BCUT2D eigenvalue weighted by atomic mass is 19.4. The summed E-state index contributed by atoms with van der Waals surface area (Å²) in [7, 11) is 0. The predicted molar refractivity (Wildman–Crippen MR) is 123 cm³/mol. The van der Waals surface area contributed by atoms with Gasteiger partial charge in [-0.1, -0.05) is 44.9 Å². The number of nitro groups is 1. The van der Waals surface area contributed by atoms with Crippen LogP contribution in [0.4, 0.5) is 18.9 Å². The fourth-order valence-corrected chi connectivity index (χ4v) is 3.86. The van der Waals surface area contributed by atoms with Crippen molar-refractivity contribution in [2.24, 2.45) is 0 Å². The number of nitrogens with zero attached hydrogens (tertiary/aromatic N) is 5. The van der Waals surface area contributed by atoms with Gasteiger partial charge in [0.2, 0.25) is 0 Å². The van der Waals surface area contributed by atoms with Gasteiger partial charge in [-0.15, -0.1) is 0 Å². The lowest BCUT2D eigenvalue weighted by Gasteiger charge is -2.15. The van der Waals surface area contributed by atoms with Crippen molar-refractivity contribution in [2.45, 2.75) is 65.3 Å². The average molecular weight is 493 g/mol. The highest BCUT2D eigenvalue weighted by Crippen LogP contribution is 2.32. The van der Waals surface area contributed by atoms with Gasteiger partial charge in [0.1, 0.15) is 5.69 Å². The SMILES string of the molecule is CCCCn1c(-c2cnn(Cc3ccccc3C(F)(F)F)c2)c([N+](=O)[O-])c(=O)n(CCCC)c1=O. The Labute approximate surface area is 198 Å². The van der Waals surface area contributed by atoms with E-state index in [0.717, 1.165) is 10.6 Å². The van der Waals surface area contributed by atoms with E-state index in [2.05, 4.69) is 5.10 Å². The van der Waals surface area contributed by atoms with Crippen LogP contribution in [-0.2, 0) is 25.8 Å². The Bertz CT molecular complexity index is 1320. The maximum Gasteiger partial charge on any atom is 0.416 e. The molecule has 0 fully saturated rings. The van der Waals surface area contributed by atoms with Gasteiger partial charge in [-0.3, -0.25) is 28.7 Å². The highest BCUT2D eigenvalue weighted by molar-refractivity contribution is 5.68. The summed E-state index contributed by atoms with van der Waals surface area (Å²) >= 11 is 0. The normalized spacial score (nSPS) is 11.7. The van der Waals surface area contributed by atoms with Crippen LogP contribution in [0.1, 0.15) is 50.7 Å². The summed E-state index contributed by atoms with van der Waals surface area (Å²) in [5.74, 6) is 0. The molecule has 35 heavy (non-hydrogen) atoms. The Kier molecular flexibility index (Phi) is 7.92. The molecule has 2 aromatic heterocycles. The van der Waals surface area contributed by atoms with Crippen molar-refractivity contribution < 1.29 is 18.1 Å². The standard InChI is InChI=1S/C23H26F3N5O4/c1-3-5-11-29-19(20(31(34)35)21(32)30(22(29)33)12-6-4-2)17-13-27-28(15-17)14-16-9-7-8-10-18(16)23(24,25)26/h7-10,13,15H,3-6,11-12,14H2,1-2H3. The molecule has 0 amide bonds. The summed E-state index contributed by atoms with van der Waals surface area (Å²) in [4.78, 5) is 37.3. The molecule has 0 aliphatic carbocycles. The van der Waals surface area contributed by atoms with E-state index in [-0.39, 0.29) is 36.5 Å². The number of unbranched alkanes of at least 4 members (excludes halogenated alkanes) is 2. The van der Waals surface area contributed by atoms with Crippen LogP contribution in [0.2, 0.25) is 0 Å². The van der Waals surface area contributed by atoms with Crippen LogP contribution < -0.4 is 11.2 Å². The molecule has 0 saturated carbocycles. The smallest absolute Gasteiger partial charge is 0.287 e. The van der Waals surface area contributed by atoms with Crippen molar-refractivity contribution in [3.63, 3.8) is 0 Å². The summed E-state index contributed by atoms with van der Waals surface area (Å²) in [6.45, 7) is 3.70. The Morgan fingerprint density at radius 2 is 1.66 bits per heavy atom. The fourth-order valence-electron chi connectivity index (χ4n) is 3.86. The van der Waals surface area contributed by atoms with Crippen molar-refractivity contribution in [1.29, 1.82) is 0 Å². The van der Waals surface area contributed by atoms with Gasteiger partial charge in [-0.25, -0.2) is 4.79 Å². The molecule has 0 radical (unpaired) electrons. The molecule has 188 valence electrons. The monoisotopic (exact) mass is 493 g/mol. The molecule has 0 spiro atoms. The minimum absolute atomic E-state index is 0.0393. The summed E-state index contributed by atoms with van der Waals surface area (Å²) in [5, 5.41) is 16.0. The van der Waals surface area contributed by atoms with E-state index >= 15 is 0 Å². The number of rotatable bonds is 10. The van der Waals surface area contributed by atoms with Crippen LogP contribution in [0, 0.1) is 10.1 Å². The first kappa shape index (κ1) is 25.9. The molecule has 0 N–H and O–H groups in total. The van der Waals surface area contributed by atoms with Crippen molar-refractivity contribution in [1.82, 2.24) is 18.9 Å². The third-order valence-corrected chi connectivity index (χ3v) is 5.62. The first-order chi connectivity index (χ1) is 16.6. The predicted octanol–water partition coefficient (Wildman–Crippen LogP) is 4.45. The molecule has 0 atom stereocenters. The van der Waals surface area contributed by atoms with Gasteiger partial charge in [-0.2, -0.15) is 18.3 Å². The van der Waals surface area contributed by atoms with E-state index in [1.54, 1.807) is 0 Å². The lowest BCUT2D eigenvalue weighted by molar-refractivity contribution is -0.386. The van der Waals surface area contributed by atoms with Gasteiger partial charge >= 0.3 is 23.1 Å². The van der Waals surface area contributed by atoms with Gasteiger partial charge < -0.3 is 0 Å². The van der Waals surface area contributed by atoms with Crippen molar-refractivity contribution >= 4 is 5.69 Å². The molecule has 3 aromatic rings. The molecule has 0 unspecified atom stereocenters. The summed E-state index contributed by atoms with van der Waals surface area (Å²) < 4.78 is 43.4. The molecule has 12 heteroatoms. The number of hydrogen-bond acceptors (Lipinski definition) is 5. The van der Waals surface area contributed by atoms with Crippen LogP contribution in [0.3, 0.4) is 0 Å². The second-order valence-electron chi connectivity index (χ2n) is 8.13. The zero-order valence-electron chi connectivity index (χ0n) is 19.4. The van der Waals surface area contributed by atoms with E-state index in [0.29, 0.717) is 25.7 Å². The van der Waals surface area contributed by atoms with Gasteiger partial charge in [0.25, 0.3) is 0 Å². The molecule has 0 bridgehead atoms. The fraction of sp³-hybridized carbons (Fsp3) is 0.435. The van der Waals surface area contributed by atoms with Crippen LogP contribution in [-0.4, -0.2) is 23.8 Å². The van der Waals surface area contributed by atoms with Crippen LogP contribution in [0.25, 0.3) is 11.3 Å². The second kappa shape index (κ2) is 10.7. The topological polar surface area (TPSA) is 105 Å². The Morgan fingerprint density at radius 3 is 2.26 bits per heavy atom. The molecule has 0 saturated heterocycles. The first-order valence-electron chi connectivity index (χ1n) is 11.3. The van der Waals surface area contributed by atoms with Gasteiger partial charge in [0, 0.05) is 24.8 Å². The number of halogens is 3. The quantitative estimate of drug-likeness (QED) is 0.307. The summed E-state index contributed by atoms with van der Waals surface area (Å²) in [6, 6.07) is 5.03. The Morgan fingerprint density at radius 1 is 1.03 bits per heavy atom. The molecule has 0 aliphatic heterocycles. The molecule has 9 nitrogen and oxygen atoms in total. The summed E-state index contributed by atoms with van der Waals surface area (Å²) in [6.07, 6.45) is 0.376. The van der Waals surface area contributed by atoms with E-state index in [1.807, 2.05) is 13.8 Å². The third-order valence-electron chi connectivity index (χ3n) is 5.62. The van der Waals surface area contributed by atoms with Crippen LogP contribution >= 0.6 is 0 Å². The molecular formula is C23H26F3N5O4. The lowest BCUT2D eigenvalue weighted by atomic mass is 10.1. The minimum Gasteiger partial charge on any atom is -0.287 e. The largest absolute Gasteiger partial charge is 0.416 e. The van der Waals surface area contributed by atoms with Crippen molar-refractivity contribution in [2.75, 3.05) is 0 Å². The zero-order chi connectivity index (χ0) is 25.8. The maximum atomic E-state index is 13.4. The van der Waals surface area contributed by atoms with E-state index in [1.165, 1.54) is 39.8 Å². The van der Waals surface area contributed by atoms with Crippen LogP contribution in [0.5, 0.6) is 0 Å². The van der Waals surface area contributed by atoms with Gasteiger partial charge in [-0.05, 0) is 24.5 Å². The number of hydrogen-bond donors (Lipinski definition) is 0. The molecule has 3 rings (SSSR count). The molecule has 2 heterocycles. The Balaban J connectivity index is 2.16. The Hall–Kier alpha value is -3.70. The lowest BCUT2D eigenvalue weighted by Crippen LogP contribution is -2.42.